The number of benzene rings is 1. The largest absolute Gasteiger partial charge is 0.445 e. The highest BCUT2D eigenvalue weighted by Gasteiger charge is 2.31. The van der Waals surface area contributed by atoms with Crippen molar-refractivity contribution in [1.29, 1.82) is 0 Å². The smallest absolute Gasteiger partial charge is 0.407 e. The first-order valence-electron chi connectivity index (χ1n) is 8.58. The molecule has 1 heterocycles. The number of nitrogens with zero attached hydrogens (tertiary/aromatic N) is 1. The number of imide groups is 1. The van der Waals surface area contributed by atoms with E-state index in [0.717, 1.165) is 5.56 Å². The van der Waals surface area contributed by atoms with E-state index in [2.05, 4.69) is 5.32 Å². The average Bonchev–Trinajstić information content (AvgIpc) is 2.92. The molecule has 142 valence electrons. The van der Waals surface area contributed by atoms with E-state index in [1.165, 1.54) is 0 Å². The monoisotopic (exact) mass is 364 g/mol. The molecule has 1 atom stereocenters. The second kappa shape index (κ2) is 9.88. The van der Waals surface area contributed by atoms with Crippen LogP contribution in [0.4, 0.5) is 4.79 Å². The number of hydrogen-bond donors (Lipinski definition) is 1. The summed E-state index contributed by atoms with van der Waals surface area (Å²) >= 11 is 0. The molecule has 1 aromatic rings. The Balaban J connectivity index is 1.77. The van der Waals surface area contributed by atoms with Crippen molar-refractivity contribution in [3.63, 3.8) is 0 Å². The van der Waals surface area contributed by atoms with Crippen molar-refractivity contribution < 1.29 is 29.0 Å². The van der Waals surface area contributed by atoms with Gasteiger partial charge < -0.3 is 10.1 Å². The SMILES string of the molecule is CC(C)CC(COON1C(=O)CCC1=O)NC(=O)OCc1ccccc1. The number of ether oxygens (including phenoxy) is 1. The van der Waals surface area contributed by atoms with Crippen LogP contribution in [0.3, 0.4) is 0 Å². The summed E-state index contributed by atoms with van der Waals surface area (Å²) in [6.07, 6.45) is 0.270. The highest BCUT2D eigenvalue weighted by Crippen LogP contribution is 2.13. The third-order valence-electron chi connectivity index (χ3n) is 3.69. The lowest BCUT2D eigenvalue weighted by Crippen LogP contribution is -2.40. The van der Waals surface area contributed by atoms with Gasteiger partial charge in [-0.1, -0.05) is 44.2 Å². The van der Waals surface area contributed by atoms with Crippen molar-refractivity contribution in [3.05, 3.63) is 35.9 Å². The first kappa shape index (κ1) is 19.9. The molecule has 0 spiro atoms. The lowest BCUT2D eigenvalue weighted by atomic mass is 10.0. The van der Waals surface area contributed by atoms with Gasteiger partial charge in [0.1, 0.15) is 13.2 Å². The Morgan fingerprint density at radius 2 is 1.81 bits per heavy atom. The molecular weight excluding hydrogens is 340 g/mol. The normalized spacial score (nSPS) is 15.4. The summed E-state index contributed by atoms with van der Waals surface area (Å²) in [6.45, 7) is 4.14. The van der Waals surface area contributed by atoms with Crippen LogP contribution in [0, 0.1) is 5.92 Å². The molecule has 0 saturated carbocycles. The van der Waals surface area contributed by atoms with Crippen molar-refractivity contribution in [1.82, 2.24) is 10.4 Å². The van der Waals surface area contributed by atoms with E-state index in [4.69, 9.17) is 14.6 Å². The molecule has 0 aliphatic carbocycles. The van der Waals surface area contributed by atoms with Crippen molar-refractivity contribution in [2.75, 3.05) is 6.61 Å². The zero-order chi connectivity index (χ0) is 18.9. The maximum Gasteiger partial charge on any atom is 0.407 e. The topological polar surface area (TPSA) is 94.2 Å². The second-order valence-electron chi connectivity index (χ2n) is 6.47. The zero-order valence-corrected chi connectivity index (χ0v) is 15.0. The van der Waals surface area contributed by atoms with E-state index >= 15 is 0 Å². The zero-order valence-electron chi connectivity index (χ0n) is 15.0. The first-order chi connectivity index (χ1) is 12.5. The Morgan fingerprint density at radius 3 is 2.42 bits per heavy atom. The van der Waals surface area contributed by atoms with Crippen LogP contribution in [-0.2, 0) is 30.8 Å². The summed E-state index contributed by atoms with van der Waals surface area (Å²) in [7, 11) is 0. The molecule has 0 bridgehead atoms. The van der Waals surface area contributed by atoms with Gasteiger partial charge >= 0.3 is 6.09 Å². The predicted molar refractivity (Wildman–Crippen MR) is 91.1 cm³/mol. The minimum absolute atomic E-state index is 0.0182. The molecular formula is C18H24N2O6. The third-order valence-corrected chi connectivity index (χ3v) is 3.69. The van der Waals surface area contributed by atoms with Crippen LogP contribution in [0.2, 0.25) is 0 Å². The number of hydrogen-bond acceptors (Lipinski definition) is 6. The molecule has 8 heteroatoms. The number of hydroxylamine groups is 2. The standard InChI is InChI=1S/C18H24N2O6/c1-13(2)10-15(12-25-26-20-16(21)8-9-17(20)22)19-18(23)24-11-14-6-4-3-5-7-14/h3-7,13,15H,8-12H2,1-2H3,(H,19,23). The van der Waals surface area contributed by atoms with Crippen molar-refractivity contribution in [3.8, 4) is 0 Å². The van der Waals surface area contributed by atoms with Crippen LogP contribution in [0.25, 0.3) is 0 Å². The van der Waals surface area contributed by atoms with Crippen LogP contribution < -0.4 is 5.32 Å². The maximum absolute atomic E-state index is 12.0. The van der Waals surface area contributed by atoms with Crippen LogP contribution >= 0.6 is 0 Å². The van der Waals surface area contributed by atoms with Crippen LogP contribution in [0.1, 0.15) is 38.7 Å². The van der Waals surface area contributed by atoms with Crippen LogP contribution in [0.5, 0.6) is 0 Å². The summed E-state index contributed by atoms with van der Waals surface area (Å²) in [5.74, 6) is -0.593. The van der Waals surface area contributed by atoms with E-state index in [1.54, 1.807) is 0 Å². The first-order valence-corrected chi connectivity index (χ1v) is 8.58. The quantitative estimate of drug-likeness (QED) is 0.411. The van der Waals surface area contributed by atoms with E-state index in [-0.39, 0.29) is 38.0 Å². The number of amides is 3. The fourth-order valence-electron chi connectivity index (χ4n) is 2.47. The molecule has 1 saturated heterocycles. The Morgan fingerprint density at radius 1 is 1.15 bits per heavy atom. The van der Waals surface area contributed by atoms with Gasteiger partial charge in [0.05, 0.1) is 6.04 Å². The van der Waals surface area contributed by atoms with Crippen molar-refractivity contribution in [2.45, 2.75) is 45.8 Å². The molecule has 1 N–H and O–H groups in total. The summed E-state index contributed by atoms with van der Waals surface area (Å²) < 4.78 is 5.19. The molecule has 1 fully saturated rings. The van der Waals surface area contributed by atoms with E-state index < -0.39 is 17.9 Å². The molecule has 1 unspecified atom stereocenters. The molecule has 1 aliphatic rings. The van der Waals surface area contributed by atoms with Gasteiger partial charge in [0.25, 0.3) is 11.8 Å². The molecule has 1 aliphatic heterocycles. The number of alkyl carbamates (subject to hydrolysis) is 1. The number of rotatable bonds is 9. The van der Waals surface area contributed by atoms with E-state index in [9.17, 15) is 14.4 Å². The minimum Gasteiger partial charge on any atom is -0.445 e. The summed E-state index contributed by atoms with van der Waals surface area (Å²) in [6, 6.07) is 8.95. The van der Waals surface area contributed by atoms with Crippen molar-refractivity contribution in [2.24, 2.45) is 5.92 Å². The van der Waals surface area contributed by atoms with Gasteiger partial charge in [-0.2, -0.15) is 0 Å². The average molecular weight is 364 g/mol. The van der Waals surface area contributed by atoms with Gasteiger partial charge in [-0.15, -0.1) is 10.1 Å². The number of nitrogens with one attached hydrogen (secondary N) is 1. The number of carbonyl (C=O) groups excluding carboxylic acids is 3. The van der Waals surface area contributed by atoms with Crippen LogP contribution in [0.15, 0.2) is 30.3 Å². The van der Waals surface area contributed by atoms with Gasteiger partial charge in [0.2, 0.25) is 0 Å². The van der Waals surface area contributed by atoms with Gasteiger partial charge in [0.15, 0.2) is 0 Å². The molecule has 1 aromatic carbocycles. The maximum atomic E-state index is 12.0. The summed E-state index contributed by atoms with van der Waals surface area (Å²) in [5, 5.41) is 3.32. The summed E-state index contributed by atoms with van der Waals surface area (Å²) in [4.78, 5) is 44.7. The van der Waals surface area contributed by atoms with Gasteiger partial charge in [0, 0.05) is 12.8 Å². The lowest BCUT2D eigenvalue weighted by molar-refractivity contribution is -0.395. The van der Waals surface area contributed by atoms with Crippen molar-refractivity contribution >= 4 is 17.9 Å². The predicted octanol–water partition coefficient (Wildman–Crippen LogP) is 2.34. The molecule has 0 radical (unpaired) electrons. The van der Waals surface area contributed by atoms with E-state index in [1.807, 2.05) is 44.2 Å². The van der Waals surface area contributed by atoms with Gasteiger partial charge in [-0.05, 0) is 17.9 Å². The minimum atomic E-state index is -0.573. The van der Waals surface area contributed by atoms with E-state index in [0.29, 0.717) is 11.5 Å². The molecule has 3 amide bonds. The Bertz CT molecular complexity index is 603. The third kappa shape index (κ3) is 6.45. The summed E-state index contributed by atoms with van der Waals surface area (Å²) in [5.41, 5.74) is 0.883. The Kier molecular flexibility index (Phi) is 7.55. The second-order valence-corrected chi connectivity index (χ2v) is 6.47. The number of carbonyl (C=O) groups is 3. The Labute approximate surface area is 152 Å². The van der Waals surface area contributed by atoms with Crippen LogP contribution in [-0.4, -0.2) is 35.6 Å². The fourth-order valence-corrected chi connectivity index (χ4v) is 2.47. The highest BCUT2D eigenvalue weighted by molar-refractivity contribution is 6.00. The Hall–Kier alpha value is -2.45. The lowest BCUT2D eigenvalue weighted by Gasteiger charge is -2.20. The van der Waals surface area contributed by atoms with Gasteiger partial charge in [-0.3, -0.25) is 9.59 Å². The molecule has 8 nitrogen and oxygen atoms in total. The molecule has 0 aromatic heterocycles. The fraction of sp³-hybridized carbons (Fsp3) is 0.500. The van der Waals surface area contributed by atoms with Gasteiger partial charge in [-0.25, -0.2) is 9.68 Å². The molecule has 2 rings (SSSR count). The molecule has 26 heavy (non-hydrogen) atoms. The highest BCUT2D eigenvalue weighted by atomic mass is 17.3.